The van der Waals surface area contributed by atoms with Gasteiger partial charge < -0.3 is 10.2 Å². The van der Waals surface area contributed by atoms with Crippen molar-refractivity contribution in [3.63, 3.8) is 0 Å². The Balaban J connectivity index is 0. The highest BCUT2D eigenvalue weighted by atomic mass is 16.4. The molecule has 0 aromatic carbocycles. The largest absolute Gasteiger partial charge is 0.481 e. The second kappa shape index (κ2) is 41.2. The van der Waals surface area contributed by atoms with E-state index in [4.69, 9.17) is 10.2 Å². The minimum atomic E-state index is -0.756. The highest BCUT2D eigenvalue weighted by Crippen LogP contribution is 2.12. The maximum atomic E-state index is 10.3. The van der Waals surface area contributed by atoms with Crippen molar-refractivity contribution < 1.29 is 19.8 Å². The van der Waals surface area contributed by atoms with Crippen LogP contribution in [-0.4, -0.2) is 22.2 Å². The summed E-state index contributed by atoms with van der Waals surface area (Å²) in [4.78, 5) is 20.6. The summed E-state index contributed by atoms with van der Waals surface area (Å²) in [5, 5.41) is 17.0. The lowest BCUT2D eigenvalue weighted by Gasteiger charge is -2.00. The first-order valence-corrected chi connectivity index (χ1v) is 18.4. The van der Waals surface area contributed by atoms with Crippen LogP contribution in [-0.2, 0) is 9.59 Å². The second-order valence-electron chi connectivity index (χ2n) is 11.9. The zero-order chi connectivity index (χ0) is 33.3. The lowest BCUT2D eigenvalue weighted by molar-refractivity contribution is -0.138. The Bertz CT molecular complexity index is 920. The molecule has 254 valence electrons. The first-order valence-electron chi connectivity index (χ1n) is 18.4. The number of rotatable bonds is 27. The maximum absolute atomic E-state index is 10.3. The molecule has 0 heterocycles. The van der Waals surface area contributed by atoms with E-state index in [0.717, 1.165) is 25.7 Å². The third-order valence-electron chi connectivity index (χ3n) is 7.42. The second-order valence-corrected chi connectivity index (χ2v) is 11.9. The van der Waals surface area contributed by atoms with E-state index in [1.165, 1.54) is 128 Å². The predicted octanol–water partition coefficient (Wildman–Crippen LogP) is 11.5. The van der Waals surface area contributed by atoms with E-state index in [9.17, 15) is 9.59 Å². The van der Waals surface area contributed by atoms with Crippen LogP contribution < -0.4 is 0 Å². The number of carbonyl (C=O) groups is 2. The zero-order valence-corrected chi connectivity index (χ0v) is 29.2. The van der Waals surface area contributed by atoms with E-state index in [0.29, 0.717) is 19.3 Å². The van der Waals surface area contributed by atoms with E-state index in [-0.39, 0.29) is 12.8 Å². The Morgan fingerprint density at radius 3 is 0.911 bits per heavy atom. The van der Waals surface area contributed by atoms with Gasteiger partial charge in [0.05, 0.1) is 0 Å². The number of carboxylic acid groups (broad SMARTS) is 2. The van der Waals surface area contributed by atoms with Crippen LogP contribution in [0.3, 0.4) is 0 Å². The van der Waals surface area contributed by atoms with Gasteiger partial charge in [-0.25, -0.2) is 0 Å². The van der Waals surface area contributed by atoms with Crippen LogP contribution in [0.2, 0.25) is 0 Å². The van der Waals surface area contributed by atoms with Gasteiger partial charge in [0, 0.05) is 38.5 Å². The molecule has 0 saturated carbocycles. The molecule has 4 heteroatoms. The SMILES string of the molecule is CCCCCCCCCCCCC#CC#CCCCC(=O)O.CCCCCCCCCCCCC#CC#CCCCCC(=O)O. The summed E-state index contributed by atoms with van der Waals surface area (Å²) < 4.78 is 0. The molecular weight excluding hydrogens is 556 g/mol. The summed E-state index contributed by atoms with van der Waals surface area (Å²) in [7, 11) is 0. The minimum Gasteiger partial charge on any atom is -0.481 e. The van der Waals surface area contributed by atoms with E-state index in [1.54, 1.807) is 0 Å². The van der Waals surface area contributed by atoms with Crippen molar-refractivity contribution in [1.82, 2.24) is 0 Å². The van der Waals surface area contributed by atoms with E-state index in [1.807, 2.05) is 0 Å². The molecule has 0 aromatic rings. The van der Waals surface area contributed by atoms with Crippen molar-refractivity contribution in [3.8, 4) is 47.4 Å². The maximum Gasteiger partial charge on any atom is 0.303 e. The van der Waals surface area contributed by atoms with Crippen molar-refractivity contribution in [2.24, 2.45) is 0 Å². The quantitative estimate of drug-likeness (QED) is 0.0706. The van der Waals surface area contributed by atoms with Gasteiger partial charge >= 0.3 is 11.9 Å². The molecule has 0 saturated heterocycles. The number of unbranched alkanes of at least 4 members (excludes halogenated alkanes) is 23. The molecule has 0 aliphatic carbocycles. The molecule has 0 atom stereocenters. The van der Waals surface area contributed by atoms with Crippen LogP contribution in [0.5, 0.6) is 0 Å². The highest BCUT2D eigenvalue weighted by molar-refractivity contribution is 5.66. The standard InChI is InChI=1S/C21H34O2.C20H32O2/c1-2-3-4-5-6-7-8-9-10-11-12-13-14-15-16-17-18-19-20-21(22)23;1-2-3-4-5-6-7-8-9-10-11-12-13-14-15-16-17-18-19-20(21)22/h2-12,17-20H2,1H3,(H,22,23);2-12,17-19H2,1H3,(H,21,22). The van der Waals surface area contributed by atoms with Gasteiger partial charge in [-0.05, 0) is 55.8 Å². The van der Waals surface area contributed by atoms with E-state index in [2.05, 4.69) is 61.2 Å². The molecule has 0 aliphatic rings. The summed E-state index contributed by atoms with van der Waals surface area (Å²) in [5.41, 5.74) is 0. The van der Waals surface area contributed by atoms with Gasteiger partial charge in [-0.15, -0.1) is 0 Å². The van der Waals surface area contributed by atoms with E-state index < -0.39 is 11.9 Å². The first-order chi connectivity index (χ1) is 22.0. The Morgan fingerprint density at radius 1 is 0.356 bits per heavy atom. The third-order valence-corrected chi connectivity index (χ3v) is 7.42. The van der Waals surface area contributed by atoms with Gasteiger partial charge in [-0.1, -0.05) is 153 Å². The molecule has 0 unspecified atom stereocenters. The van der Waals surface area contributed by atoms with Crippen molar-refractivity contribution in [1.29, 1.82) is 0 Å². The number of carboxylic acids is 2. The number of hydrogen-bond acceptors (Lipinski definition) is 2. The Labute approximate surface area is 278 Å². The van der Waals surface area contributed by atoms with Crippen molar-refractivity contribution in [3.05, 3.63) is 0 Å². The van der Waals surface area contributed by atoms with Gasteiger partial charge in [0.1, 0.15) is 0 Å². The van der Waals surface area contributed by atoms with Crippen molar-refractivity contribution in [2.75, 3.05) is 0 Å². The molecule has 0 radical (unpaired) electrons. The molecule has 0 bridgehead atoms. The highest BCUT2D eigenvalue weighted by Gasteiger charge is 1.95. The topological polar surface area (TPSA) is 74.6 Å². The van der Waals surface area contributed by atoms with Crippen LogP contribution in [0.1, 0.15) is 200 Å². The molecule has 0 amide bonds. The zero-order valence-electron chi connectivity index (χ0n) is 29.2. The normalized spacial score (nSPS) is 9.56. The molecule has 45 heavy (non-hydrogen) atoms. The molecule has 2 N–H and O–H groups in total. The lowest BCUT2D eigenvalue weighted by atomic mass is 10.1. The fraction of sp³-hybridized carbons (Fsp3) is 0.756. The van der Waals surface area contributed by atoms with Gasteiger partial charge in [0.2, 0.25) is 0 Å². The van der Waals surface area contributed by atoms with Gasteiger partial charge in [-0.2, -0.15) is 0 Å². The first kappa shape index (κ1) is 44.3. The third kappa shape index (κ3) is 48.3. The predicted molar refractivity (Wildman–Crippen MR) is 192 cm³/mol. The minimum absolute atomic E-state index is 0.195. The summed E-state index contributed by atoms with van der Waals surface area (Å²) in [5.74, 6) is 21.9. The average molecular weight is 623 g/mol. The van der Waals surface area contributed by atoms with Gasteiger partial charge in [0.15, 0.2) is 0 Å². The van der Waals surface area contributed by atoms with Gasteiger partial charge in [-0.3, -0.25) is 9.59 Å². The molecule has 0 fully saturated rings. The summed E-state index contributed by atoms with van der Waals surface area (Å²) in [6, 6.07) is 0. The van der Waals surface area contributed by atoms with E-state index >= 15 is 0 Å². The van der Waals surface area contributed by atoms with Crippen LogP contribution in [0.25, 0.3) is 0 Å². The molecule has 0 aromatic heterocycles. The molecular formula is C41H66O4. The summed E-state index contributed by atoms with van der Waals surface area (Å²) >= 11 is 0. The van der Waals surface area contributed by atoms with Crippen LogP contribution in [0.4, 0.5) is 0 Å². The summed E-state index contributed by atoms with van der Waals surface area (Å²) in [6.07, 6.45) is 32.8. The van der Waals surface area contributed by atoms with Gasteiger partial charge in [0.25, 0.3) is 0 Å². The molecule has 4 nitrogen and oxygen atoms in total. The monoisotopic (exact) mass is 622 g/mol. The van der Waals surface area contributed by atoms with Crippen molar-refractivity contribution >= 4 is 11.9 Å². The van der Waals surface area contributed by atoms with Crippen LogP contribution >= 0.6 is 0 Å². The molecule has 0 spiro atoms. The Kier molecular flexibility index (Phi) is 40.5. The molecule has 0 aliphatic heterocycles. The average Bonchev–Trinajstić information content (AvgIpc) is 3.02. The fourth-order valence-electron chi connectivity index (χ4n) is 4.65. The lowest BCUT2D eigenvalue weighted by Crippen LogP contribution is -1.92. The van der Waals surface area contributed by atoms with Crippen LogP contribution in [0, 0.1) is 47.4 Å². The van der Waals surface area contributed by atoms with Crippen molar-refractivity contribution in [2.45, 2.75) is 200 Å². The summed E-state index contributed by atoms with van der Waals surface area (Å²) in [6.45, 7) is 4.52. The smallest absolute Gasteiger partial charge is 0.303 e. The molecule has 0 rings (SSSR count). The Hall–Kier alpha value is -2.82. The number of aliphatic carboxylic acids is 2. The van der Waals surface area contributed by atoms with Crippen LogP contribution in [0.15, 0.2) is 0 Å². The fourth-order valence-corrected chi connectivity index (χ4v) is 4.65. The Morgan fingerprint density at radius 2 is 0.600 bits per heavy atom. The number of hydrogen-bond donors (Lipinski definition) is 2.